The molecule has 0 spiro atoms. The van der Waals surface area contributed by atoms with Crippen LogP contribution in [0.5, 0.6) is 5.75 Å². The number of thioether (sulfide) groups is 1. The molecule has 2 aromatic heterocycles. The van der Waals surface area contributed by atoms with Crippen LogP contribution in [0.4, 0.5) is 5.00 Å². The van der Waals surface area contributed by atoms with Gasteiger partial charge in [-0.2, -0.15) is 0 Å². The Morgan fingerprint density at radius 3 is 2.56 bits per heavy atom. The van der Waals surface area contributed by atoms with Gasteiger partial charge in [-0.15, -0.1) is 28.1 Å². The fourth-order valence-corrected chi connectivity index (χ4v) is 5.07. The van der Waals surface area contributed by atoms with Gasteiger partial charge in [0.05, 0.1) is 18.4 Å². The van der Waals surface area contributed by atoms with Crippen molar-refractivity contribution in [3.8, 4) is 5.75 Å². The molecule has 1 aromatic carbocycles. The Labute approximate surface area is 220 Å². The summed E-state index contributed by atoms with van der Waals surface area (Å²) in [5.41, 5.74) is 1.67. The number of hydrogen-bond acceptors (Lipinski definition) is 8. The SMILES string of the molecule is C=CCn1c(COc2ccc(C(C)(C)C)cc2)nnc1SCC(=O)Nc1sc(CC)cc1C(=O)OC. The number of carbonyl (C=O) groups excluding carboxylic acids is 2. The summed E-state index contributed by atoms with van der Waals surface area (Å²) >= 11 is 2.63. The molecule has 10 heteroatoms. The number of hydrogen-bond donors (Lipinski definition) is 1. The molecule has 192 valence electrons. The van der Waals surface area contributed by atoms with E-state index in [1.165, 1.54) is 35.8 Å². The third-order valence-electron chi connectivity index (χ3n) is 5.32. The molecule has 0 atom stereocenters. The van der Waals surface area contributed by atoms with Gasteiger partial charge in [-0.25, -0.2) is 4.79 Å². The van der Waals surface area contributed by atoms with E-state index >= 15 is 0 Å². The minimum Gasteiger partial charge on any atom is -0.486 e. The lowest BCUT2D eigenvalue weighted by atomic mass is 9.87. The maximum absolute atomic E-state index is 12.7. The minimum atomic E-state index is -0.475. The van der Waals surface area contributed by atoms with E-state index in [0.29, 0.717) is 28.1 Å². The predicted molar refractivity (Wildman–Crippen MR) is 144 cm³/mol. The maximum Gasteiger partial charge on any atom is 0.340 e. The van der Waals surface area contributed by atoms with Crippen LogP contribution >= 0.6 is 23.1 Å². The van der Waals surface area contributed by atoms with Crippen LogP contribution in [0.15, 0.2) is 48.1 Å². The molecule has 3 aromatic rings. The van der Waals surface area contributed by atoms with Crippen molar-refractivity contribution in [1.29, 1.82) is 0 Å². The number of ether oxygens (including phenoxy) is 2. The zero-order chi connectivity index (χ0) is 26.3. The van der Waals surface area contributed by atoms with Gasteiger partial charge in [0.1, 0.15) is 17.4 Å². The zero-order valence-electron chi connectivity index (χ0n) is 21.3. The Morgan fingerprint density at radius 1 is 1.22 bits per heavy atom. The molecule has 0 aliphatic heterocycles. The van der Waals surface area contributed by atoms with Crippen molar-refractivity contribution >= 4 is 40.0 Å². The summed E-state index contributed by atoms with van der Waals surface area (Å²) in [6.45, 7) is 13.0. The van der Waals surface area contributed by atoms with Crippen LogP contribution in [0.3, 0.4) is 0 Å². The lowest BCUT2D eigenvalue weighted by molar-refractivity contribution is -0.113. The molecule has 1 amide bonds. The van der Waals surface area contributed by atoms with Gasteiger partial charge in [-0.05, 0) is 35.6 Å². The number of nitrogens with one attached hydrogen (secondary N) is 1. The van der Waals surface area contributed by atoms with E-state index in [1.54, 1.807) is 12.1 Å². The third kappa shape index (κ3) is 6.98. The molecule has 0 aliphatic carbocycles. The number of anilines is 1. The van der Waals surface area contributed by atoms with Gasteiger partial charge >= 0.3 is 5.97 Å². The second-order valence-corrected chi connectivity index (χ2v) is 11.1. The van der Waals surface area contributed by atoms with Gasteiger partial charge in [0.25, 0.3) is 0 Å². The van der Waals surface area contributed by atoms with E-state index in [1.807, 2.05) is 23.6 Å². The second-order valence-electron chi connectivity index (χ2n) is 9.00. The molecular weight excluding hydrogens is 496 g/mol. The van der Waals surface area contributed by atoms with Crippen molar-refractivity contribution in [2.75, 3.05) is 18.2 Å². The van der Waals surface area contributed by atoms with Gasteiger partial charge in [0.2, 0.25) is 5.91 Å². The van der Waals surface area contributed by atoms with E-state index in [4.69, 9.17) is 9.47 Å². The largest absolute Gasteiger partial charge is 0.486 e. The number of benzene rings is 1. The number of aryl methyl sites for hydroxylation is 1. The number of rotatable bonds is 11. The summed E-state index contributed by atoms with van der Waals surface area (Å²) in [5, 5.41) is 12.4. The highest BCUT2D eigenvalue weighted by molar-refractivity contribution is 7.99. The summed E-state index contributed by atoms with van der Waals surface area (Å²) < 4.78 is 12.6. The van der Waals surface area contributed by atoms with Crippen molar-refractivity contribution in [3.63, 3.8) is 0 Å². The summed E-state index contributed by atoms with van der Waals surface area (Å²) in [5.74, 6) is 0.756. The van der Waals surface area contributed by atoms with Crippen LogP contribution in [-0.2, 0) is 34.5 Å². The van der Waals surface area contributed by atoms with Crippen molar-refractivity contribution < 1.29 is 19.1 Å². The van der Waals surface area contributed by atoms with Gasteiger partial charge in [-0.1, -0.05) is 57.7 Å². The topological polar surface area (TPSA) is 95.3 Å². The van der Waals surface area contributed by atoms with Gasteiger partial charge in [0, 0.05) is 11.4 Å². The maximum atomic E-state index is 12.7. The first-order valence-electron chi connectivity index (χ1n) is 11.6. The molecule has 0 saturated heterocycles. The average Bonchev–Trinajstić information content (AvgIpc) is 3.44. The first kappa shape index (κ1) is 27.5. The van der Waals surface area contributed by atoms with Gasteiger partial charge in [0.15, 0.2) is 11.0 Å². The number of nitrogens with zero attached hydrogens (tertiary/aromatic N) is 3. The van der Waals surface area contributed by atoms with E-state index < -0.39 is 5.97 Å². The van der Waals surface area contributed by atoms with E-state index in [2.05, 4.69) is 55.0 Å². The van der Waals surface area contributed by atoms with Crippen LogP contribution in [0.1, 0.15) is 54.3 Å². The first-order chi connectivity index (χ1) is 17.2. The molecule has 0 radical (unpaired) electrons. The number of esters is 1. The van der Waals surface area contributed by atoms with Gasteiger partial charge < -0.3 is 14.8 Å². The fourth-order valence-electron chi connectivity index (χ4n) is 3.31. The van der Waals surface area contributed by atoms with Crippen molar-refractivity contribution in [1.82, 2.24) is 14.8 Å². The highest BCUT2D eigenvalue weighted by atomic mass is 32.2. The number of methoxy groups -OCH3 is 1. The Balaban J connectivity index is 1.64. The standard InChI is InChI=1S/C26H32N4O4S2/c1-7-13-30-21(15-34-18-11-9-17(10-12-18)26(3,4)5)28-29-25(30)35-16-22(31)27-23-20(24(32)33-6)14-19(8-2)36-23/h7,9-12,14H,1,8,13,15-16H2,2-6H3,(H,27,31). The molecule has 2 heterocycles. The molecule has 0 fully saturated rings. The van der Waals surface area contributed by atoms with Crippen molar-refractivity contribution in [2.45, 2.75) is 57.8 Å². The Morgan fingerprint density at radius 2 is 1.94 bits per heavy atom. The molecule has 0 bridgehead atoms. The molecule has 0 unspecified atom stereocenters. The second kappa shape index (κ2) is 12.2. The lowest BCUT2D eigenvalue weighted by Crippen LogP contribution is -2.16. The molecule has 0 saturated carbocycles. The fraction of sp³-hybridized carbons (Fsp3) is 0.385. The molecule has 8 nitrogen and oxygen atoms in total. The normalized spacial score (nSPS) is 11.2. The van der Waals surface area contributed by atoms with Crippen LogP contribution < -0.4 is 10.1 Å². The molecule has 3 rings (SSSR count). The van der Waals surface area contributed by atoms with Crippen LogP contribution in [-0.4, -0.2) is 39.5 Å². The summed E-state index contributed by atoms with van der Waals surface area (Å²) in [7, 11) is 1.32. The van der Waals surface area contributed by atoms with E-state index in [9.17, 15) is 9.59 Å². The lowest BCUT2D eigenvalue weighted by Gasteiger charge is -2.19. The Bertz CT molecular complexity index is 1210. The first-order valence-corrected chi connectivity index (χ1v) is 13.4. The summed E-state index contributed by atoms with van der Waals surface area (Å²) in [6.07, 6.45) is 2.51. The van der Waals surface area contributed by atoms with Crippen LogP contribution in [0, 0.1) is 0 Å². The minimum absolute atomic E-state index is 0.0732. The predicted octanol–water partition coefficient (Wildman–Crippen LogP) is 5.48. The van der Waals surface area contributed by atoms with Crippen LogP contribution in [0.25, 0.3) is 0 Å². The molecule has 1 N–H and O–H groups in total. The van der Waals surface area contributed by atoms with E-state index in [-0.39, 0.29) is 23.7 Å². The number of aromatic nitrogens is 3. The van der Waals surface area contributed by atoms with Gasteiger partial charge in [-0.3, -0.25) is 9.36 Å². The average molecular weight is 529 g/mol. The quantitative estimate of drug-likeness (QED) is 0.200. The number of allylic oxidation sites excluding steroid dienone is 1. The molecule has 0 aliphatic rings. The summed E-state index contributed by atoms with van der Waals surface area (Å²) in [4.78, 5) is 25.7. The van der Waals surface area contributed by atoms with Crippen LogP contribution in [0.2, 0.25) is 0 Å². The van der Waals surface area contributed by atoms with Crippen molar-refractivity contribution in [2.24, 2.45) is 0 Å². The molecular formula is C26H32N4O4S2. The Kier molecular flexibility index (Phi) is 9.33. The Hall–Kier alpha value is -3.11. The van der Waals surface area contributed by atoms with Crippen molar-refractivity contribution in [3.05, 3.63) is 64.8 Å². The number of thiophene rings is 1. The zero-order valence-corrected chi connectivity index (χ0v) is 22.9. The summed E-state index contributed by atoms with van der Waals surface area (Å²) in [6, 6.07) is 9.78. The smallest absolute Gasteiger partial charge is 0.340 e. The highest BCUT2D eigenvalue weighted by Crippen LogP contribution is 2.30. The highest BCUT2D eigenvalue weighted by Gasteiger charge is 2.20. The number of carbonyl (C=O) groups is 2. The van der Waals surface area contributed by atoms with E-state index in [0.717, 1.165) is 17.0 Å². The molecule has 36 heavy (non-hydrogen) atoms. The monoisotopic (exact) mass is 528 g/mol. The third-order valence-corrected chi connectivity index (χ3v) is 7.48. The number of amides is 1.